The molecule has 2 N–H and O–H groups in total. The molecule has 0 aromatic heterocycles. The number of hydrogen-bond acceptors (Lipinski definition) is 2. The fourth-order valence-electron chi connectivity index (χ4n) is 2.47. The van der Waals surface area contributed by atoms with Crippen LogP contribution in [0.4, 0.5) is 5.69 Å². The summed E-state index contributed by atoms with van der Waals surface area (Å²) in [6, 6.07) is 17.8. The molecule has 2 aromatic rings. The maximum absolute atomic E-state index is 10.9. The van der Waals surface area contributed by atoms with E-state index in [1.807, 2.05) is 54.6 Å². The molecule has 90 valence electrons. The lowest BCUT2D eigenvalue weighted by Gasteiger charge is -2.24. The van der Waals surface area contributed by atoms with E-state index in [1.165, 1.54) is 0 Å². The Balaban J connectivity index is 2.02. The monoisotopic (exact) mass is 237 g/mol. The Morgan fingerprint density at radius 1 is 1.00 bits per heavy atom. The van der Waals surface area contributed by atoms with Gasteiger partial charge >= 0.3 is 0 Å². The van der Waals surface area contributed by atoms with Crippen LogP contribution in [0.25, 0.3) is 0 Å². The van der Waals surface area contributed by atoms with Crippen LogP contribution in [0.2, 0.25) is 0 Å². The van der Waals surface area contributed by atoms with Crippen LogP contribution in [0.1, 0.15) is 11.1 Å². The number of para-hydroxylation sites is 1. The fraction of sp³-hybridized carbons (Fsp3) is 0.125. The molecule has 1 atom stereocenters. The molecule has 0 saturated heterocycles. The van der Waals surface area contributed by atoms with Crippen LogP contribution in [0, 0.1) is 0 Å². The van der Waals surface area contributed by atoms with Gasteiger partial charge in [0.1, 0.15) is 5.60 Å². The molecule has 1 unspecified atom stereocenters. The Morgan fingerprint density at radius 2 is 1.67 bits per heavy atom. The number of benzene rings is 2. The summed E-state index contributed by atoms with van der Waals surface area (Å²) in [4.78, 5) is 0. The Kier molecular flexibility index (Phi) is 2.46. The van der Waals surface area contributed by atoms with Gasteiger partial charge in [0.2, 0.25) is 0 Å². The zero-order chi connectivity index (χ0) is 12.6. The second-order valence-electron chi connectivity index (χ2n) is 4.67. The van der Waals surface area contributed by atoms with Gasteiger partial charge in [-0.1, -0.05) is 55.1 Å². The van der Waals surface area contributed by atoms with Crippen LogP contribution < -0.4 is 5.32 Å². The summed E-state index contributed by atoms with van der Waals surface area (Å²) in [5, 5.41) is 14.1. The molecular formula is C16H15NO. The fourth-order valence-corrected chi connectivity index (χ4v) is 2.47. The Labute approximate surface area is 107 Å². The maximum Gasteiger partial charge on any atom is 0.135 e. The molecule has 0 amide bonds. The summed E-state index contributed by atoms with van der Waals surface area (Å²) in [7, 11) is 0. The largest absolute Gasteiger partial charge is 0.378 e. The third kappa shape index (κ3) is 1.62. The van der Waals surface area contributed by atoms with Gasteiger partial charge in [0.05, 0.1) is 0 Å². The summed E-state index contributed by atoms with van der Waals surface area (Å²) >= 11 is 0. The predicted molar refractivity (Wildman–Crippen MR) is 73.2 cm³/mol. The van der Waals surface area contributed by atoms with Crippen LogP contribution in [0.5, 0.6) is 0 Å². The topological polar surface area (TPSA) is 32.3 Å². The van der Waals surface area contributed by atoms with Gasteiger partial charge in [-0.2, -0.15) is 0 Å². The van der Waals surface area contributed by atoms with Crippen molar-refractivity contribution in [3.05, 3.63) is 78.0 Å². The van der Waals surface area contributed by atoms with Gasteiger partial charge in [-0.15, -0.1) is 0 Å². The van der Waals surface area contributed by atoms with Crippen LogP contribution in [0.15, 0.2) is 66.9 Å². The van der Waals surface area contributed by atoms with Gasteiger partial charge in [0.15, 0.2) is 0 Å². The summed E-state index contributed by atoms with van der Waals surface area (Å²) in [5.41, 5.74) is 2.57. The molecule has 0 spiro atoms. The van der Waals surface area contributed by atoms with Crippen LogP contribution in [-0.4, -0.2) is 5.11 Å². The van der Waals surface area contributed by atoms with Gasteiger partial charge in [-0.05, 0) is 11.6 Å². The average Bonchev–Trinajstić information content (AvgIpc) is 2.63. The molecule has 2 aromatic carbocycles. The van der Waals surface area contributed by atoms with Crippen molar-refractivity contribution in [2.75, 3.05) is 5.32 Å². The lowest BCUT2D eigenvalue weighted by Crippen LogP contribution is -2.28. The molecule has 0 bridgehead atoms. The van der Waals surface area contributed by atoms with Crippen LogP contribution >= 0.6 is 0 Å². The van der Waals surface area contributed by atoms with Crippen molar-refractivity contribution >= 4 is 5.69 Å². The molecule has 0 saturated carbocycles. The van der Waals surface area contributed by atoms with Crippen molar-refractivity contribution in [2.45, 2.75) is 12.0 Å². The first-order chi connectivity index (χ1) is 8.70. The third-order valence-corrected chi connectivity index (χ3v) is 3.46. The zero-order valence-corrected chi connectivity index (χ0v) is 10.1. The lowest BCUT2D eigenvalue weighted by molar-refractivity contribution is 0.0846. The average molecular weight is 237 g/mol. The van der Waals surface area contributed by atoms with E-state index in [9.17, 15) is 5.11 Å². The molecular weight excluding hydrogens is 222 g/mol. The molecule has 18 heavy (non-hydrogen) atoms. The summed E-state index contributed by atoms with van der Waals surface area (Å²) in [6.45, 7) is 3.96. The smallest absolute Gasteiger partial charge is 0.135 e. The van der Waals surface area contributed by atoms with Crippen molar-refractivity contribution in [3.63, 3.8) is 0 Å². The number of nitrogens with one attached hydrogen (secondary N) is 1. The molecule has 2 heteroatoms. The van der Waals surface area contributed by atoms with E-state index < -0.39 is 5.60 Å². The Hall–Kier alpha value is -2.06. The molecule has 1 heterocycles. The quantitative estimate of drug-likeness (QED) is 0.841. The van der Waals surface area contributed by atoms with E-state index in [0.29, 0.717) is 12.1 Å². The predicted octanol–water partition coefficient (Wildman–Crippen LogP) is 3.06. The highest BCUT2D eigenvalue weighted by atomic mass is 16.3. The molecule has 0 radical (unpaired) electrons. The van der Waals surface area contributed by atoms with Crippen LogP contribution in [-0.2, 0) is 12.0 Å². The summed E-state index contributed by atoms with van der Waals surface area (Å²) < 4.78 is 0. The van der Waals surface area contributed by atoms with Gasteiger partial charge < -0.3 is 10.4 Å². The second kappa shape index (κ2) is 4.00. The van der Waals surface area contributed by atoms with Crippen molar-refractivity contribution in [1.82, 2.24) is 0 Å². The molecule has 0 aliphatic carbocycles. The normalized spacial score (nSPS) is 21.5. The minimum atomic E-state index is -1.02. The van der Waals surface area contributed by atoms with E-state index in [4.69, 9.17) is 0 Å². The highest BCUT2D eigenvalue weighted by Gasteiger charge is 2.40. The highest BCUT2D eigenvalue weighted by Crippen LogP contribution is 2.42. The van der Waals surface area contributed by atoms with E-state index in [0.717, 1.165) is 16.8 Å². The zero-order valence-electron chi connectivity index (χ0n) is 10.1. The van der Waals surface area contributed by atoms with Gasteiger partial charge in [-0.25, -0.2) is 0 Å². The van der Waals surface area contributed by atoms with E-state index in [-0.39, 0.29) is 0 Å². The van der Waals surface area contributed by atoms with E-state index in [1.54, 1.807) is 0 Å². The number of aliphatic hydroxyl groups is 1. The molecule has 3 rings (SSSR count). The Bertz CT molecular complexity index is 591. The first-order valence-electron chi connectivity index (χ1n) is 6.02. The SMILES string of the molecule is C=C1Nc2ccccc2C1(O)Cc1ccccc1. The van der Waals surface area contributed by atoms with E-state index in [2.05, 4.69) is 11.9 Å². The lowest BCUT2D eigenvalue weighted by atomic mass is 9.87. The van der Waals surface area contributed by atoms with Crippen molar-refractivity contribution in [2.24, 2.45) is 0 Å². The number of hydrogen-bond donors (Lipinski definition) is 2. The number of anilines is 1. The standard InChI is InChI=1S/C16H15NO/c1-12-16(18,11-13-7-3-2-4-8-13)14-9-5-6-10-15(14)17-12/h2-10,17-18H,1,11H2. The molecule has 2 nitrogen and oxygen atoms in total. The molecule has 1 aliphatic rings. The minimum Gasteiger partial charge on any atom is -0.378 e. The first-order valence-corrected chi connectivity index (χ1v) is 6.02. The first kappa shape index (κ1) is 11.1. The summed E-state index contributed by atoms with van der Waals surface area (Å²) in [5.74, 6) is 0. The second-order valence-corrected chi connectivity index (χ2v) is 4.67. The van der Waals surface area contributed by atoms with Crippen molar-refractivity contribution < 1.29 is 5.11 Å². The molecule has 0 fully saturated rings. The Morgan fingerprint density at radius 3 is 2.44 bits per heavy atom. The van der Waals surface area contributed by atoms with Gasteiger partial charge in [0.25, 0.3) is 0 Å². The summed E-state index contributed by atoms with van der Waals surface area (Å²) in [6.07, 6.45) is 0.538. The van der Waals surface area contributed by atoms with E-state index >= 15 is 0 Å². The van der Waals surface area contributed by atoms with Gasteiger partial charge in [-0.3, -0.25) is 0 Å². The minimum absolute atomic E-state index is 0.538. The highest BCUT2D eigenvalue weighted by molar-refractivity contribution is 5.66. The molecule has 1 aliphatic heterocycles. The maximum atomic E-state index is 10.9. The third-order valence-electron chi connectivity index (χ3n) is 3.46. The van der Waals surface area contributed by atoms with Gasteiger partial charge in [0, 0.05) is 23.4 Å². The van der Waals surface area contributed by atoms with Crippen molar-refractivity contribution in [3.8, 4) is 0 Å². The van der Waals surface area contributed by atoms with Crippen LogP contribution in [0.3, 0.4) is 0 Å². The number of rotatable bonds is 2. The van der Waals surface area contributed by atoms with Crippen molar-refractivity contribution in [1.29, 1.82) is 0 Å². The number of fused-ring (bicyclic) bond motifs is 1.